The maximum absolute atomic E-state index is 14.0. The van der Waals surface area contributed by atoms with E-state index in [9.17, 15) is 14.0 Å². The number of nitrogens with one attached hydrogen (secondary N) is 2. The fourth-order valence-electron chi connectivity index (χ4n) is 2.17. The van der Waals surface area contributed by atoms with Gasteiger partial charge in [-0.1, -0.05) is 18.2 Å². The first-order valence-corrected chi connectivity index (χ1v) is 7.25. The number of rotatable bonds is 6. The fraction of sp³-hybridized carbons (Fsp3) is 0.312. The summed E-state index contributed by atoms with van der Waals surface area (Å²) in [5, 5.41) is 8.99. The molecule has 0 saturated carbocycles. The van der Waals surface area contributed by atoms with Gasteiger partial charge in [-0.2, -0.15) is 5.10 Å². The van der Waals surface area contributed by atoms with Crippen LogP contribution < -0.4 is 10.6 Å². The summed E-state index contributed by atoms with van der Waals surface area (Å²) in [4.78, 5) is 24.3. The molecule has 1 aromatic carbocycles. The van der Waals surface area contributed by atoms with E-state index in [1.165, 1.54) is 36.9 Å². The van der Waals surface area contributed by atoms with Crippen molar-refractivity contribution in [2.45, 2.75) is 12.5 Å². The summed E-state index contributed by atoms with van der Waals surface area (Å²) in [5.41, 5.74) is -1.45. The molecule has 1 aromatic heterocycles. The molecule has 2 N–H and O–H groups in total. The molecule has 0 fully saturated rings. The standard InChI is InChI=1S/C16H19FN4O3/c1-16(24-3,11-6-4-5-7-12(11)17)15(23)18-10-14(22)19-13-8-9-21(2)20-13/h4-9H,10H2,1-3H3,(H,18,23)(H,19,20,22)/t16-/m0/s1. The Balaban J connectivity index is 2.02. The summed E-state index contributed by atoms with van der Waals surface area (Å²) < 4.78 is 20.7. The Kier molecular flexibility index (Phi) is 5.30. The molecule has 0 radical (unpaired) electrons. The van der Waals surface area contributed by atoms with Crippen LogP contribution in [-0.4, -0.2) is 35.2 Å². The Bertz CT molecular complexity index is 746. The summed E-state index contributed by atoms with van der Waals surface area (Å²) in [7, 11) is 3.02. The van der Waals surface area contributed by atoms with Gasteiger partial charge in [0.15, 0.2) is 11.4 Å². The smallest absolute Gasteiger partial charge is 0.257 e. The molecule has 24 heavy (non-hydrogen) atoms. The van der Waals surface area contributed by atoms with Crippen molar-refractivity contribution in [2.75, 3.05) is 19.0 Å². The molecule has 7 nitrogen and oxygen atoms in total. The molecule has 0 aliphatic carbocycles. The molecule has 0 bridgehead atoms. The van der Waals surface area contributed by atoms with Gasteiger partial charge in [0.25, 0.3) is 5.91 Å². The lowest BCUT2D eigenvalue weighted by molar-refractivity contribution is -0.143. The van der Waals surface area contributed by atoms with Gasteiger partial charge in [-0.25, -0.2) is 4.39 Å². The van der Waals surface area contributed by atoms with Gasteiger partial charge in [0.1, 0.15) is 5.82 Å². The van der Waals surface area contributed by atoms with Crippen molar-refractivity contribution in [3.63, 3.8) is 0 Å². The van der Waals surface area contributed by atoms with Crippen LogP contribution in [0.15, 0.2) is 36.5 Å². The van der Waals surface area contributed by atoms with Gasteiger partial charge in [-0.05, 0) is 13.0 Å². The van der Waals surface area contributed by atoms with Crippen LogP contribution in [0.5, 0.6) is 0 Å². The first kappa shape index (κ1) is 17.6. The van der Waals surface area contributed by atoms with Gasteiger partial charge < -0.3 is 15.4 Å². The van der Waals surface area contributed by atoms with E-state index in [0.29, 0.717) is 5.82 Å². The Morgan fingerprint density at radius 3 is 2.62 bits per heavy atom. The quantitative estimate of drug-likeness (QED) is 0.831. The number of hydrogen-bond donors (Lipinski definition) is 2. The number of methoxy groups -OCH3 is 1. The molecule has 0 spiro atoms. The number of carbonyl (C=O) groups excluding carboxylic acids is 2. The van der Waals surface area contributed by atoms with Crippen LogP contribution in [0.3, 0.4) is 0 Å². The van der Waals surface area contributed by atoms with Crippen LogP contribution in [0.4, 0.5) is 10.2 Å². The molecule has 2 rings (SSSR count). The molecule has 0 aliphatic heterocycles. The summed E-state index contributed by atoms with van der Waals surface area (Å²) in [5.74, 6) is -1.25. The van der Waals surface area contributed by atoms with E-state index in [4.69, 9.17) is 4.74 Å². The molecule has 128 valence electrons. The lowest BCUT2D eigenvalue weighted by Crippen LogP contribution is -2.46. The predicted molar refractivity (Wildman–Crippen MR) is 85.6 cm³/mol. The molecule has 1 heterocycles. The zero-order valence-electron chi connectivity index (χ0n) is 13.7. The monoisotopic (exact) mass is 334 g/mol. The molecule has 0 aliphatic rings. The van der Waals surface area contributed by atoms with Crippen LogP contribution in [0, 0.1) is 5.82 Å². The largest absolute Gasteiger partial charge is 0.364 e. The highest BCUT2D eigenvalue weighted by molar-refractivity contribution is 5.95. The summed E-state index contributed by atoms with van der Waals surface area (Å²) >= 11 is 0. The van der Waals surface area contributed by atoms with Crippen molar-refractivity contribution in [1.82, 2.24) is 15.1 Å². The minimum atomic E-state index is -1.55. The zero-order valence-corrected chi connectivity index (χ0v) is 13.7. The molecule has 0 unspecified atom stereocenters. The number of aromatic nitrogens is 2. The maximum Gasteiger partial charge on any atom is 0.257 e. The molecular formula is C16H19FN4O3. The number of halogens is 1. The Labute approximate surface area is 138 Å². The van der Waals surface area contributed by atoms with Gasteiger partial charge in [0, 0.05) is 32.0 Å². The van der Waals surface area contributed by atoms with Gasteiger partial charge in [-0.15, -0.1) is 0 Å². The molecular weight excluding hydrogens is 315 g/mol. The van der Waals surface area contributed by atoms with Crippen LogP contribution in [0.2, 0.25) is 0 Å². The highest BCUT2D eigenvalue weighted by Crippen LogP contribution is 2.27. The second-order valence-corrected chi connectivity index (χ2v) is 5.32. The Morgan fingerprint density at radius 2 is 2.04 bits per heavy atom. The highest BCUT2D eigenvalue weighted by atomic mass is 19.1. The minimum Gasteiger partial charge on any atom is -0.364 e. The van der Waals surface area contributed by atoms with Crippen molar-refractivity contribution in [3.8, 4) is 0 Å². The minimum absolute atomic E-state index is 0.0927. The third-order valence-electron chi connectivity index (χ3n) is 3.62. The first-order chi connectivity index (χ1) is 11.4. The summed E-state index contributed by atoms with van der Waals surface area (Å²) in [6.45, 7) is 1.15. The van der Waals surface area contributed by atoms with Crippen LogP contribution >= 0.6 is 0 Å². The molecule has 0 saturated heterocycles. The van der Waals surface area contributed by atoms with Crippen molar-refractivity contribution in [2.24, 2.45) is 7.05 Å². The van der Waals surface area contributed by atoms with Crippen LogP contribution in [-0.2, 0) is 27.0 Å². The SMILES string of the molecule is CO[C@](C)(C(=O)NCC(=O)Nc1ccn(C)n1)c1ccccc1F. The maximum atomic E-state index is 14.0. The second kappa shape index (κ2) is 7.22. The van der Waals surface area contributed by atoms with Crippen molar-refractivity contribution in [3.05, 3.63) is 47.9 Å². The molecule has 8 heteroatoms. The second-order valence-electron chi connectivity index (χ2n) is 5.32. The van der Waals surface area contributed by atoms with Crippen LogP contribution in [0.1, 0.15) is 12.5 Å². The van der Waals surface area contributed by atoms with E-state index in [1.807, 2.05) is 0 Å². The first-order valence-electron chi connectivity index (χ1n) is 7.25. The number of carbonyl (C=O) groups is 2. The van der Waals surface area contributed by atoms with E-state index in [0.717, 1.165) is 0 Å². The van der Waals surface area contributed by atoms with E-state index in [1.54, 1.807) is 25.4 Å². The lowest BCUT2D eigenvalue weighted by Gasteiger charge is -2.27. The topological polar surface area (TPSA) is 85.2 Å². The van der Waals surface area contributed by atoms with Gasteiger partial charge in [0.05, 0.1) is 6.54 Å². The number of amides is 2. The molecule has 2 amide bonds. The number of anilines is 1. The lowest BCUT2D eigenvalue weighted by atomic mass is 9.94. The average molecular weight is 334 g/mol. The van der Waals surface area contributed by atoms with Crippen molar-refractivity contribution in [1.29, 1.82) is 0 Å². The number of ether oxygens (including phenoxy) is 1. The third kappa shape index (κ3) is 3.77. The summed E-state index contributed by atoms with van der Waals surface area (Å²) in [6.07, 6.45) is 1.67. The van der Waals surface area contributed by atoms with E-state index < -0.39 is 23.2 Å². The van der Waals surface area contributed by atoms with Crippen molar-refractivity contribution >= 4 is 17.6 Å². The highest BCUT2D eigenvalue weighted by Gasteiger charge is 2.37. The number of aryl methyl sites for hydroxylation is 1. The van der Waals surface area contributed by atoms with E-state index in [-0.39, 0.29) is 12.1 Å². The van der Waals surface area contributed by atoms with Gasteiger partial charge in [-0.3, -0.25) is 14.3 Å². The van der Waals surface area contributed by atoms with Crippen LogP contribution in [0.25, 0.3) is 0 Å². The summed E-state index contributed by atoms with van der Waals surface area (Å²) in [6, 6.07) is 7.46. The predicted octanol–water partition coefficient (Wildman–Crippen LogP) is 1.18. The van der Waals surface area contributed by atoms with E-state index >= 15 is 0 Å². The zero-order chi connectivity index (χ0) is 17.7. The fourth-order valence-corrected chi connectivity index (χ4v) is 2.17. The number of benzene rings is 1. The van der Waals surface area contributed by atoms with Gasteiger partial charge >= 0.3 is 0 Å². The van der Waals surface area contributed by atoms with E-state index in [2.05, 4.69) is 15.7 Å². The normalized spacial score (nSPS) is 13.2. The number of hydrogen-bond acceptors (Lipinski definition) is 4. The Hall–Kier alpha value is -2.74. The molecule has 1 atom stereocenters. The number of nitrogens with zero attached hydrogens (tertiary/aromatic N) is 2. The Morgan fingerprint density at radius 1 is 1.33 bits per heavy atom. The average Bonchev–Trinajstić information content (AvgIpc) is 2.97. The van der Waals surface area contributed by atoms with Gasteiger partial charge in [0.2, 0.25) is 5.91 Å². The van der Waals surface area contributed by atoms with Crippen molar-refractivity contribution < 1.29 is 18.7 Å². The third-order valence-corrected chi connectivity index (χ3v) is 3.62. The molecule has 2 aromatic rings.